The van der Waals surface area contributed by atoms with Gasteiger partial charge in [0, 0.05) is 46.3 Å². The number of sulfonamides is 1. The van der Waals surface area contributed by atoms with Gasteiger partial charge in [0.25, 0.3) is 10.0 Å². The van der Waals surface area contributed by atoms with Gasteiger partial charge in [0.15, 0.2) is 5.13 Å². The van der Waals surface area contributed by atoms with E-state index >= 15 is 4.39 Å². The number of hydrogen-bond acceptors (Lipinski definition) is 9. The van der Waals surface area contributed by atoms with Crippen LogP contribution in [0.15, 0.2) is 75.5 Å². The third-order valence-electron chi connectivity index (χ3n) is 9.21. The van der Waals surface area contributed by atoms with E-state index in [1.807, 2.05) is 12.1 Å². The molecule has 9 nitrogen and oxygen atoms in total. The fourth-order valence-corrected chi connectivity index (χ4v) is 9.88. The molecule has 0 bridgehead atoms. The first-order valence-electron chi connectivity index (χ1n) is 15.4. The number of halogens is 2. The molecule has 2 aliphatic rings. The SMILES string of the molecule is COc1ccc(C[C@@H]2CN3CCC[C@]3(CNc3cc(F)c(S(=O)(=O)N(Cc4ccc(OC)cc4OC)c4nccs4)cc3Br)C2)cc1. The van der Waals surface area contributed by atoms with Crippen LogP contribution in [0.2, 0.25) is 0 Å². The van der Waals surface area contributed by atoms with Gasteiger partial charge in [-0.15, -0.1) is 11.3 Å². The fourth-order valence-electron chi connectivity index (χ4n) is 6.90. The molecule has 2 fully saturated rings. The summed E-state index contributed by atoms with van der Waals surface area (Å²) in [6.45, 7) is 2.58. The largest absolute Gasteiger partial charge is 0.497 e. The van der Waals surface area contributed by atoms with Crippen molar-refractivity contribution in [1.82, 2.24) is 9.88 Å². The first-order chi connectivity index (χ1) is 22.7. The average Bonchev–Trinajstić information content (AvgIpc) is 3.81. The Labute approximate surface area is 287 Å². The van der Waals surface area contributed by atoms with Crippen molar-refractivity contribution in [1.29, 1.82) is 0 Å². The van der Waals surface area contributed by atoms with Crippen LogP contribution in [0.4, 0.5) is 15.2 Å². The summed E-state index contributed by atoms with van der Waals surface area (Å²) < 4.78 is 61.8. The van der Waals surface area contributed by atoms with E-state index in [-0.39, 0.29) is 17.2 Å². The molecular formula is C34H38BrFN4O5S2. The second-order valence-corrected chi connectivity index (χ2v) is 15.6. The summed E-state index contributed by atoms with van der Waals surface area (Å²) in [6, 6.07) is 16.0. The average molecular weight is 746 g/mol. The molecule has 2 saturated heterocycles. The molecule has 6 rings (SSSR count). The van der Waals surface area contributed by atoms with Crippen molar-refractivity contribution in [2.75, 3.05) is 50.6 Å². The highest BCUT2D eigenvalue weighted by atomic mass is 79.9. The van der Waals surface area contributed by atoms with Crippen LogP contribution in [0, 0.1) is 11.7 Å². The summed E-state index contributed by atoms with van der Waals surface area (Å²) in [5, 5.41) is 5.36. The Hall–Kier alpha value is -3.39. The minimum Gasteiger partial charge on any atom is -0.497 e. The lowest BCUT2D eigenvalue weighted by molar-refractivity contribution is 0.209. The lowest BCUT2D eigenvalue weighted by Crippen LogP contribution is -2.44. The quantitative estimate of drug-likeness (QED) is 0.157. The highest BCUT2D eigenvalue weighted by molar-refractivity contribution is 9.10. The van der Waals surface area contributed by atoms with Gasteiger partial charge in [-0.3, -0.25) is 4.90 Å². The number of aromatic nitrogens is 1. The van der Waals surface area contributed by atoms with Crippen molar-refractivity contribution < 1.29 is 27.0 Å². The highest BCUT2D eigenvalue weighted by Crippen LogP contribution is 2.43. The first kappa shape index (κ1) is 33.5. The molecule has 0 radical (unpaired) electrons. The normalized spacial score (nSPS) is 19.4. The van der Waals surface area contributed by atoms with Crippen LogP contribution in [-0.4, -0.2) is 64.8 Å². The van der Waals surface area contributed by atoms with Gasteiger partial charge in [-0.25, -0.2) is 22.1 Å². The number of rotatable bonds is 13. The van der Waals surface area contributed by atoms with E-state index in [4.69, 9.17) is 14.2 Å². The first-order valence-corrected chi connectivity index (χ1v) is 18.5. The Morgan fingerprint density at radius 3 is 2.55 bits per heavy atom. The van der Waals surface area contributed by atoms with Gasteiger partial charge in [0.1, 0.15) is 28.0 Å². The molecular weight excluding hydrogens is 707 g/mol. The van der Waals surface area contributed by atoms with E-state index in [1.54, 1.807) is 30.7 Å². The van der Waals surface area contributed by atoms with E-state index in [2.05, 4.69) is 43.3 Å². The maximum Gasteiger partial charge on any atom is 0.269 e. The molecule has 47 heavy (non-hydrogen) atoms. The summed E-state index contributed by atoms with van der Waals surface area (Å²) in [7, 11) is 0.338. The second-order valence-electron chi connectivity index (χ2n) is 12.0. The van der Waals surface area contributed by atoms with E-state index < -0.39 is 20.7 Å². The number of nitrogens with zero attached hydrogens (tertiary/aromatic N) is 3. The van der Waals surface area contributed by atoms with Gasteiger partial charge in [-0.2, -0.15) is 0 Å². The third-order valence-corrected chi connectivity index (χ3v) is 12.5. The topological polar surface area (TPSA) is 93.2 Å². The van der Waals surface area contributed by atoms with Gasteiger partial charge in [0.2, 0.25) is 0 Å². The van der Waals surface area contributed by atoms with Crippen molar-refractivity contribution in [3.05, 3.63) is 87.6 Å². The number of anilines is 2. The van der Waals surface area contributed by atoms with Crippen molar-refractivity contribution in [3.63, 3.8) is 0 Å². The summed E-state index contributed by atoms with van der Waals surface area (Å²) in [5.41, 5.74) is 2.35. The van der Waals surface area contributed by atoms with Crippen molar-refractivity contribution in [2.24, 2.45) is 5.92 Å². The molecule has 13 heteroatoms. The molecule has 1 N–H and O–H groups in total. The molecule has 0 aliphatic carbocycles. The maximum atomic E-state index is 15.9. The lowest BCUT2D eigenvalue weighted by Gasteiger charge is -2.33. The zero-order valence-corrected chi connectivity index (χ0v) is 29.8. The monoisotopic (exact) mass is 744 g/mol. The summed E-state index contributed by atoms with van der Waals surface area (Å²) in [6.07, 6.45) is 5.73. The molecule has 2 aliphatic heterocycles. The molecule has 0 saturated carbocycles. The number of nitrogens with one attached hydrogen (secondary N) is 1. The van der Waals surface area contributed by atoms with Crippen LogP contribution in [0.5, 0.6) is 17.2 Å². The number of fused-ring (bicyclic) bond motifs is 1. The molecule has 0 unspecified atom stereocenters. The van der Waals surface area contributed by atoms with E-state index in [1.165, 1.54) is 38.1 Å². The van der Waals surface area contributed by atoms with Crippen LogP contribution >= 0.6 is 27.3 Å². The van der Waals surface area contributed by atoms with E-state index in [0.29, 0.717) is 39.7 Å². The maximum absolute atomic E-state index is 15.9. The van der Waals surface area contributed by atoms with E-state index in [9.17, 15) is 8.42 Å². The Kier molecular flexibility index (Phi) is 9.98. The summed E-state index contributed by atoms with van der Waals surface area (Å²) in [4.78, 5) is 6.37. The molecule has 2 atom stereocenters. The molecule has 0 spiro atoms. The number of thiazole rings is 1. The molecule has 3 aromatic carbocycles. The molecule has 3 heterocycles. The van der Waals surface area contributed by atoms with Crippen molar-refractivity contribution in [2.45, 2.75) is 42.7 Å². The number of benzene rings is 3. The molecule has 1 aromatic heterocycles. The lowest BCUT2D eigenvalue weighted by atomic mass is 9.87. The Morgan fingerprint density at radius 2 is 1.85 bits per heavy atom. The van der Waals surface area contributed by atoms with Gasteiger partial charge in [0.05, 0.1) is 33.6 Å². The van der Waals surface area contributed by atoms with Gasteiger partial charge < -0.3 is 19.5 Å². The smallest absolute Gasteiger partial charge is 0.269 e. The fraction of sp³-hybridized carbons (Fsp3) is 0.382. The number of hydrogen-bond donors (Lipinski definition) is 1. The minimum atomic E-state index is -4.37. The van der Waals surface area contributed by atoms with Crippen molar-refractivity contribution in [3.8, 4) is 17.2 Å². The predicted molar refractivity (Wildman–Crippen MR) is 186 cm³/mol. The third kappa shape index (κ3) is 6.94. The zero-order valence-electron chi connectivity index (χ0n) is 26.5. The van der Waals surface area contributed by atoms with Gasteiger partial charge in [-0.05, 0) is 96.0 Å². The summed E-state index contributed by atoms with van der Waals surface area (Å²) in [5.74, 6) is 1.54. The molecule has 250 valence electrons. The minimum absolute atomic E-state index is 0.0309. The van der Waals surface area contributed by atoms with Crippen LogP contribution in [0.1, 0.15) is 30.4 Å². The molecule has 4 aromatic rings. The zero-order chi connectivity index (χ0) is 33.2. The standard InChI is InChI=1S/C34H38BrFN4O5S2/c1-43-26-8-5-23(6-9-26)15-24-19-34(11-4-13-39(34)20-24)22-38-30-18-29(36)32(17-28(30)35)47(41,42)40(33-37-12-14-46-33)21-25-7-10-27(44-2)16-31(25)45-3/h5-10,12,14,16-18,24,38H,4,11,13,15,19-22H2,1-3H3/t24-,34+/m0/s1. The Bertz CT molecular complexity index is 1810. The van der Waals surface area contributed by atoms with Crippen LogP contribution in [0.25, 0.3) is 0 Å². The highest BCUT2D eigenvalue weighted by Gasteiger charge is 2.48. The predicted octanol–water partition coefficient (Wildman–Crippen LogP) is 6.98. The molecule has 0 amide bonds. The van der Waals surface area contributed by atoms with Crippen LogP contribution in [0.3, 0.4) is 0 Å². The van der Waals surface area contributed by atoms with Crippen LogP contribution < -0.4 is 23.8 Å². The summed E-state index contributed by atoms with van der Waals surface area (Å²) >= 11 is 4.69. The van der Waals surface area contributed by atoms with Gasteiger partial charge in [-0.1, -0.05) is 12.1 Å². The number of ether oxygens (including phenoxy) is 3. The van der Waals surface area contributed by atoms with Gasteiger partial charge >= 0.3 is 0 Å². The Balaban J connectivity index is 1.21. The second kappa shape index (κ2) is 14.0. The van der Waals surface area contributed by atoms with Crippen molar-refractivity contribution >= 4 is 48.1 Å². The Morgan fingerprint density at radius 1 is 1.09 bits per heavy atom. The van der Waals surface area contributed by atoms with E-state index in [0.717, 1.165) is 60.2 Å². The number of methoxy groups -OCH3 is 3. The van der Waals surface area contributed by atoms with Crippen LogP contribution in [-0.2, 0) is 23.0 Å².